The Kier molecular flexibility index (Phi) is 4.43. The molecule has 0 saturated carbocycles. The van der Waals surface area contributed by atoms with Crippen molar-refractivity contribution in [3.63, 3.8) is 0 Å². The van der Waals surface area contributed by atoms with E-state index in [4.69, 9.17) is 16.0 Å². The van der Waals surface area contributed by atoms with Crippen molar-refractivity contribution in [1.82, 2.24) is 15.2 Å². The third-order valence-corrected chi connectivity index (χ3v) is 5.70. The second-order valence-electron chi connectivity index (χ2n) is 4.12. The first-order chi connectivity index (χ1) is 10.9. The number of halogens is 1. The van der Waals surface area contributed by atoms with Crippen molar-refractivity contribution in [2.45, 2.75) is 5.22 Å². The number of nitrogens with one attached hydrogen (secondary N) is 1. The van der Waals surface area contributed by atoms with Crippen molar-refractivity contribution < 1.29 is 17.6 Å². The molecule has 23 heavy (non-hydrogen) atoms. The van der Waals surface area contributed by atoms with Crippen LogP contribution in [0.25, 0.3) is 10.8 Å². The highest BCUT2D eigenvalue weighted by Crippen LogP contribution is 2.30. The molecule has 1 N–H and O–H groups in total. The maximum atomic E-state index is 12.1. The first kappa shape index (κ1) is 16.1. The molecule has 0 bridgehead atoms. The highest BCUT2D eigenvalue weighted by Gasteiger charge is 2.27. The van der Waals surface area contributed by atoms with E-state index < -0.39 is 26.7 Å². The molecule has 3 rings (SSSR count). The molecule has 0 saturated heterocycles. The van der Waals surface area contributed by atoms with Crippen molar-refractivity contribution in [2.75, 3.05) is 11.1 Å². The first-order valence-electron chi connectivity index (χ1n) is 5.95. The highest BCUT2D eigenvalue weighted by atomic mass is 35.5. The van der Waals surface area contributed by atoms with Gasteiger partial charge in [0.2, 0.25) is 15.7 Å². The number of thiophene rings is 1. The van der Waals surface area contributed by atoms with Gasteiger partial charge in [0.05, 0.1) is 9.21 Å². The van der Waals surface area contributed by atoms with Crippen molar-refractivity contribution in [3.05, 3.63) is 28.0 Å². The Hall–Kier alpha value is -1.82. The number of thiazole rings is 1. The third kappa shape index (κ3) is 3.75. The minimum atomic E-state index is -4.05. The van der Waals surface area contributed by atoms with Crippen LogP contribution in [0, 0.1) is 0 Å². The van der Waals surface area contributed by atoms with Crippen LogP contribution in [0.3, 0.4) is 0 Å². The molecule has 8 nitrogen and oxygen atoms in total. The molecule has 12 heteroatoms. The highest BCUT2D eigenvalue weighted by molar-refractivity contribution is 7.91. The SMILES string of the molecule is O=C(CS(=O)(=O)c1nnc(-c2ccc(Cl)s2)o1)Nc1nccs1. The summed E-state index contributed by atoms with van der Waals surface area (Å²) in [7, 11) is -4.05. The van der Waals surface area contributed by atoms with Crippen LogP contribution in [0.15, 0.2) is 33.3 Å². The molecule has 0 atom stereocenters. The van der Waals surface area contributed by atoms with E-state index >= 15 is 0 Å². The van der Waals surface area contributed by atoms with Gasteiger partial charge in [-0.05, 0) is 12.1 Å². The summed E-state index contributed by atoms with van der Waals surface area (Å²) in [6.45, 7) is 0. The average molecular weight is 391 g/mol. The van der Waals surface area contributed by atoms with Crippen LogP contribution in [-0.2, 0) is 14.6 Å². The first-order valence-corrected chi connectivity index (χ1v) is 9.68. The summed E-state index contributed by atoms with van der Waals surface area (Å²) in [6.07, 6.45) is 1.49. The Bertz CT molecular complexity index is 932. The van der Waals surface area contributed by atoms with E-state index in [1.165, 1.54) is 28.9 Å². The summed E-state index contributed by atoms with van der Waals surface area (Å²) in [6, 6.07) is 3.26. The number of nitrogens with zero attached hydrogens (tertiary/aromatic N) is 3. The molecule has 120 valence electrons. The van der Waals surface area contributed by atoms with E-state index in [1.807, 2.05) is 0 Å². The molecule has 3 aromatic rings. The third-order valence-electron chi connectivity index (χ3n) is 2.46. The molecule has 0 radical (unpaired) electrons. The molecular formula is C11H7ClN4O4S3. The number of hydrogen-bond donors (Lipinski definition) is 1. The van der Waals surface area contributed by atoms with Gasteiger partial charge in [0.15, 0.2) is 5.13 Å². The minimum Gasteiger partial charge on any atom is -0.407 e. The van der Waals surface area contributed by atoms with Crippen LogP contribution in [0.2, 0.25) is 4.34 Å². The maximum absolute atomic E-state index is 12.1. The van der Waals surface area contributed by atoms with Gasteiger partial charge in [-0.15, -0.1) is 27.8 Å². The average Bonchev–Trinajstić information content (AvgIpc) is 3.17. The van der Waals surface area contributed by atoms with Gasteiger partial charge in [0, 0.05) is 11.6 Å². The summed E-state index contributed by atoms with van der Waals surface area (Å²) < 4.78 is 29.9. The molecule has 0 fully saturated rings. The van der Waals surface area contributed by atoms with E-state index in [1.54, 1.807) is 17.5 Å². The number of anilines is 1. The monoisotopic (exact) mass is 390 g/mol. The molecule has 3 aromatic heterocycles. The number of aromatic nitrogens is 3. The van der Waals surface area contributed by atoms with Crippen LogP contribution >= 0.6 is 34.3 Å². The van der Waals surface area contributed by atoms with Crippen LogP contribution in [0.4, 0.5) is 5.13 Å². The van der Waals surface area contributed by atoms with E-state index in [-0.39, 0.29) is 5.89 Å². The predicted octanol–water partition coefficient (Wildman–Crippen LogP) is 2.32. The molecule has 0 unspecified atom stereocenters. The molecule has 0 aliphatic carbocycles. The lowest BCUT2D eigenvalue weighted by molar-refractivity contribution is -0.113. The Morgan fingerprint density at radius 1 is 1.35 bits per heavy atom. The van der Waals surface area contributed by atoms with Crippen molar-refractivity contribution in [1.29, 1.82) is 0 Å². The molecule has 3 heterocycles. The van der Waals surface area contributed by atoms with Gasteiger partial charge in [0.1, 0.15) is 5.75 Å². The summed E-state index contributed by atoms with van der Waals surface area (Å²) >= 11 is 8.14. The van der Waals surface area contributed by atoms with Gasteiger partial charge in [-0.3, -0.25) is 4.79 Å². The zero-order valence-corrected chi connectivity index (χ0v) is 14.3. The second-order valence-corrected chi connectivity index (χ2v) is 8.60. The van der Waals surface area contributed by atoms with Crippen LogP contribution < -0.4 is 5.32 Å². The lowest BCUT2D eigenvalue weighted by Crippen LogP contribution is -2.23. The molecule has 0 aliphatic rings. The summed E-state index contributed by atoms with van der Waals surface area (Å²) in [5.74, 6) is -1.53. The lowest BCUT2D eigenvalue weighted by Gasteiger charge is -2.00. The van der Waals surface area contributed by atoms with E-state index in [2.05, 4.69) is 20.5 Å². The summed E-state index contributed by atoms with van der Waals surface area (Å²) in [5.41, 5.74) is 0. The van der Waals surface area contributed by atoms with Crippen molar-refractivity contribution in [3.8, 4) is 10.8 Å². The van der Waals surface area contributed by atoms with Crippen LogP contribution in [-0.4, -0.2) is 35.3 Å². The smallest absolute Gasteiger partial charge is 0.336 e. The van der Waals surface area contributed by atoms with Crippen molar-refractivity contribution in [2.24, 2.45) is 0 Å². The lowest BCUT2D eigenvalue weighted by atomic mass is 10.5. The normalized spacial score (nSPS) is 11.5. The van der Waals surface area contributed by atoms with Crippen LogP contribution in [0.5, 0.6) is 0 Å². The molecule has 0 aliphatic heterocycles. The van der Waals surface area contributed by atoms with E-state index in [9.17, 15) is 13.2 Å². The number of sulfone groups is 1. The summed E-state index contributed by atoms with van der Waals surface area (Å²) in [5, 5.41) is 10.9. The van der Waals surface area contributed by atoms with E-state index in [0.717, 1.165) is 0 Å². The fourth-order valence-electron chi connectivity index (χ4n) is 1.54. The standard InChI is InChI=1S/C11H7ClN4O4S3/c12-7-2-1-6(22-7)9-15-16-11(20-9)23(18,19)5-8(17)14-10-13-3-4-21-10/h1-4H,5H2,(H,13,14,17). The van der Waals surface area contributed by atoms with Gasteiger partial charge in [0.25, 0.3) is 5.89 Å². The minimum absolute atomic E-state index is 0.0285. The Balaban J connectivity index is 1.75. The largest absolute Gasteiger partial charge is 0.407 e. The zero-order valence-electron chi connectivity index (χ0n) is 11.1. The Morgan fingerprint density at radius 3 is 2.83 bits per heavy atom. The fraction of sp³-hybridized carbons (Fsp3) is 0.0909. The molecule has 0 spiro atoms. The van der Waals surface area contributed by atoms with Gasteiger partial charge < -0.3 is 9.73 Å². The summed E-state index contributed by atoms with van der Waals surface area (Å²) in [4.78, 5) is 16.1. The van der Waals surface area contributed by atoms with Gasteiger partial charge in [-0.1, -0.05) is 16.7 Å². The number of carbonyl (C=O) groups is 1. The number of hydrogen-bond acceptors (Lipinski definition) is 9. The number of rotatable bonds is 5. The number of amides is 1. The van der Waals surface area contributed by atoms with Crippen molar-refractivity contribution >= 4 is 55.2 Å². The Morgan fingerprint density at radius 2 is 2.17 bits per heavy atom. The molecular weight excluding hydrogens is 384 g/mol. The number of carbonyl (C=O) groups excluding carboxylic acids is 1. The second kappa shape index (κ2) is 6.35. The van der Waals surface area contributed by atoms with Gasteiger partial charge in [-0.25, -0.2) is 13.4 Å². The van der Waals surface area contributed by atoms with Gasteiger partial charge in [-0.2, -0.15) is 0 Å². The topological polar surface area (TPSA) is 115 Å². The molecule has 0 aromatic carbocycles. The predicted molar refractivity (Wildman–Crippen MR) is 85.4 cm³/mol. The fourth-order valence-corrected chi connectivity index (χ4v) is 3.96. The maximum Gasteiger partial charge on any atom is 0.336 e. The quantitative estimate of drug-likeness (QED) is 0.710. The molecule has 1 amide bonds. The van der Waals surface area contributed by atoms with E-state index in [0.29, 0.717) is 14.3 Å². The zero-order chi connectivity index (χ0) is 16.4. The van der Waals surface area contributed by atoms with Crippen LogP contribution in [0.1, 0.15) is 0 Å². The Labute approximate surface area is 143 Å². The van der Waals surface area contributed by atoms with Gasteiger partial charge >= 0.3 is 5.22 Å².